The maximum absolute atomic E-state index is 15.9. The molecule has 12 nitrogen and oxygen atoms in total. The predicted octanol–water partition coefficient (Wildman–Crippen LogP) is 7.05. The molecular weight excluding hydrogens is 668 g/mol. The third-order valence-corrected chi connectivity index (χ3v) is 10.4. The van der Waals surface area contributed by atoms with Crippen LogP contribution in [0.15, 0.2) is 48.8 Å². The van der Waals surface area contributed by atoms with E-state index in [4.69, 9.17) is 14.7 Å². The number of aromatic nitrogens is 4. The van der Waals surface area contributed by atoms with Crippen molar-refractivity contribution in [2.45, 2.75) is 65.9 Å². The van der Waals surface area contributed by atoms with Gasteiger partial charge in [-0.05, 0) is 57.5 Å². The van der Waals surface area contributed by atoms with Crippen LogP contribution in [0, 0.1) is 5.82 Å². The molecule has 4 heterocycles. The van der Waals surface area contributed by atoms with Gasteiger partial charge in [0.15, 0.2) is 5.82 Å². The van der Waals surface area contributed by atoms with Crippen molar-refractivity contribution in [3.05, 3.63) is 59.6 Å². The van der Waals surface area contributed by atoms with Crippen LogP contribution in [-0.4, -0.2) is 76.9 Å². The number of sulfonamides is 1. The number of hydrogen-bond acceptors (Lipinski definition) is 11. The number of nitrogens with one attached hydrogen (secondary N) is 2. The topological polar surface area (TPSA) is 143 Å². The van der Waals surface area contributed by atoms with Crippen LogP contribution in [0.25, 0.3) is 21.8 Å². The van der Waals surface area contributed by atoms with Crippen molar-refractivity contribution in [2.75, 3.05) is 46.9 Å². The number of nitrogens with zero attached hydrogens (tertiary/aromatic N) is 6. The molecule has 15 heteroatoms. The van der Waals surface area contributed by atoms with Crippen LogP contribution in [0.3, 0.4) is 0 Å². The molecule has 1 aliphatic heterocycles. The molecule has 0 bridgehead atoms. The maximum Gasteiger partial charge on any atom is 0.410 e. The smallest absolute Gasteiger partial charge is 0.410 e. The quantitative estimate of drug-likeness (QED) is 0.186. The summed E-state index contributed by atoms with van der Waals surface area (Å²) in [7, 11) is -3.71. The lowest BCUT2D eigenvalue weighted by atomic mass is 9.98. The summed E-state index contributed by atoms with van der Waals surface area (Å²) < 4.78 is 48.7. The zero-order chi connectivity index (χ0) is 35.6. The Morgan fingerprint density at radius 1 is 1.00 bits per heavy atom. The molecule has 4 aromatic rings. The average molecular weight is 711 g/mol. The Morgan fingerprint density at radius 2 is 1.73 bits per heavy atom. The van der Waals surface area contributed by atoms with E-state index in [1.807, 2.05) is 53.7 Å². The van der Waals surface area contributed by atoms with E-state index in [-0.39, 0.29) is 28.5 Å². The van der Waals surface area contributed by atoms with Crippen LogP contribution in [0.5, 0.6) is 0 Å². The summed E-state index contributed by atoms with van der Waals surface area (Å²) >= 11 is 1.40. The van der Waals surface area contributed by atoms with Crippen LogP contribution in [0.4, 0.5) is 32.3 Å². The van der Waals surface area contributed by atoms with E-state index < -0.39 is 21.4 Å². The Bertz CT molecular complexity index is 1900. The van der Waals surface area contributed by atoms with Crippen molar-refractivity contribution in [1.82, 2.24) is 24.8 Å². The van der Waals surface area contributed by atoms with Crippen LogP contribution < -0.4 is 14.9 Å². The minimum atomic E-state index is -3.71. The van der Waals surface area contributed by atoms with E-state index in [0.29, 0.717) is 60.6 Å². The largest absolute Gasteiger partial charge is 0.444 e. The number of anilines is 4. The minimum Gasteiger partial charge on any atom is -0.444 e. The van der Waals surface area contributed by atoms with Gasteiger partial charge in [0.2, 0.25) is 16.0 Å². The minimum absolute atomic E-state index is 0.117. The van der Waals surface area contributed by atoms with Crippen molar-refractivity contribution in [2.24, 2.45) is 0 Å². The Kier molecular flexibility index (Phi) is 10.4. The van der Waals surface area contributed by atoms with Crippen LogP contribution in [0.1, 0.15) is 59.9 Å². The number of piperazine rings is 1. The number of carbonyl (C=O) groups is 1. The van der Waals surface area contributed by atoms with E-state index in [9.17, 15) is 13.2 Å². The van der Waals surface area contributed by atoms with Crippen molar-refractivity contribution < 1.29 is 22.3 Å². The van der Waals surface area contributed by atoms with Crippen molar-refractivity contribution in [3.8, 4) is 21.8 Å². The fourth-order valence-corrected chi connectivity index (χ4v) is 7.30. The Balaban J connectivity index is 1.35. The third-order valence-electron chi connectivity index (χ3n) is 7.43. The highest BCUT2D eigenvalue weighted by molar-refractivity contribution is 7.92. The number of halogens is 1. The highest BCUT2D eigenvalue weighted by atomic mass is 32.2. The van der Waals surface area contributed by atoms with Crippen molar-refractivity contribution in [1.29, 1.82) is 0 Å². The number of thiazole rings is 1. The number of ether oxygens (including phenoxy) is 1. The highest BCUT2D eigenvalue weighted by Crippen LogP contribution is 2.42. The van der Waals surface area contributed by atoms with Gasteiger partial charge in [-0.3, -0.25) is 4.72 Å². The second-order valence-electron chi connectivity index (χ2n) is 13.8. The highest BCUT2D eigenvalue weighted by Gasteiger charge is 2.28. The molecule has 3 aromatic heterocycles. The number of rotatable bonds is 9. The van der Waals surface area contributed by atoms with Crippen molar-refractivity contribution >= 4 is 50.6 Å². The van der Waals surface area contributed by atoms with Crippen LogP contribution >= 0.6 is 11.3 Å². The molecule has 1 amide bonds. The molecule has 49 heavy (non-hydrogen) atoms. The van der Waals surface area contributed by atoms with Crippen LogP contribution in [-0.2, 0) is 20.2 Å². The lowest BCUT2D eigenvalue weighted by molar-refractivity contribution is 0.0240. The molecule has 0 spiro atoms. The summed E-state index contributed by atoms with van der Waals surface area (Å²) in [6, 6.07) is 10.1. The Labute approximate surface area is 291 Å². The monoisotopic (exact) mass is 710 g/mol. The van der Waals surface area contributed by atoms with Gasteiger partial charge in [-0.25, -0.2) is 37.5 Å². The van der Waals surface area contributed by atoms with Gasteiger partial charge < -0.3 is 19.9 Å². The summed E-state index contributed by atoms with van der Waals surface area (Å²) in [6.45, 7) is 15.8. The molecule has 0 unspecified atom stereocenters. The molecular formula is C34H43FN8O4S2. The number of carbonyl (C=O) groups excluding carboxylic acids is 1. The van der Waals surface area contributed by atoms with E-state index in [1.165, 1.54) is 17.4 Å². The first kappa shape index (κ1) is 35.9. The number of hydrogen-bond donors (Lipinski definition) is 2. The molecule has 262 valence electrons. The molecule has 5 rings (SSSR count). The molecule has 0 atom stereocenters. The second kappa shape index (κ2) is 14.2. The molecule has 1 fully saturated rings. The summed E-state index contributed by atoms with van der Waals surface area (Å²) in [6.07, 6.45) is 3.46. The first-order valence-electron chi connectivity index (χ1n) is 16.1. The summed E-state index contributed by atoms with van der Waals surface area (Å²) in [5.41, 5.74) is 0.970. The summed E-state index contributed by atoms with van der Waals surface area (Å²) in [5.74, 6) is -0.00104. The Morgan fingerprint density at radius 3 is 2.37 bits per heavy atom. The zero-order valence-corrected chi connectivity index (χ0v) is 30.5. The fourth-order valence-electron chi connectivity index (χ4n) is 5.06. The first-order chi connectivity index (χ1) is 23.0. The molecule has 0 aliphatic carbocycles. The first-order valence-corrected chi connectivity index (χ1v) is 18.6. The summed E-state index contributed by atoms with van der Waals surface area (Å²) in [5, 5.41) is 3.92. The lowest BCUT2D eigenvalue weighted by Crippen LogP contribution is -2.50. The van der Waals surface area contributed by atoms with Gasteiger partial charge in [0.25, 0.3) is 0 Å². The molecule has 1 aromatic carbocycles. The van der Waals surface area contributed by atoms with Gasteiger partial charge in [-0.1, -0.05) is 33.8 Å². The average Bonchev–Trinajstić information content (AvgIpc) is 3.48. The van der Waals surface area contributed by atoms with Gasteiger partial charge in [-0.15, -0.1) is 11.3 Å². The van der Waals surface area contributed by atoms with Crippen molar-refractivity contribution in [3.63, 3.8) is 0 Å². The van der Waals surface area contributed by atoms with Gasteiger partial charge in [-0.2, -0.15) is 0 Å². The third kappa shape index (κ3) is 9.01. The zero-order valence-electron chi connectivity index (χ0n) is 28.9. The predicted molar refractivity (Wildman–Crippen MR) is 192 cm³/mol. The number of amides is 1. The van der Waals surface area contributed by atoms with Crippen LogP contribution in [0.2, 0.25) is 0 Å². The van der Waals surface area contributed by atoms with E-state index in [2.05, 4.69) is 24.9 Å². The van der Waals surface area contributed by atoms with Gasteiger partial charge in [0.05, 0.1) is 44.6 Å². The van der Waals surface area contributed by atoms with Gasteiger partial charge in [0, 0.05) is 43.4 Å². The molecule has 2 N–H and O–H groups in total. The number of pyridine rings is 1. The maximum atomic E-state index is 15.9. The Hall–Kier alpha value is -4.37. The fraction of sp³-hybridized carbons (Fsp3) is 0.441. The summed E-state index contributed by atoms with van der Waals surface area (Å²) in [4.78, 5) is 35.4. The van der Waals surface area contributed by atoms with E-state index >= 15 is 4.39 Å². The normalized spacial score (nSPS) is 14.1. The van der Waals surface area contributed by atoms with E-state index in [0.717, 1.165) is 10.7 Å². The lowest BCUT2D eigenvalue weighted by Gasteiger charge is -2.36. The SMILES string of the molecule is CCCS(=O)(=O)Nc1cccc(-c2nc(C(C)(C)C)sc2-c2ccnc(Nc3ccc(N4CCN(C(=O)OC(C)(C)C)CC4)cn3)n2)c1F. The number of benzene rings is 1. The standard InChI is InChI=1S/C34H43FN8O4S2/c1-8-20-49(45,46)41-24-11-9-10-23(27(24)35)28-29(48-30(40-28)33(2,3)4)25-14-15-36-31(38-25)39-26-13-12-22(21-37-26)42-16-18-43(19-17-42)32(44)47-34(5,6)7/h9-15,21,41H,8,16-20H2,1-7H3,(H,36,37,38,39). The van der Waals surface area contributed by atoms with Gasteiger partial charge in [0.1, 0.15) is 11.4 Å². The van der Waals surface area contributed by atoms with E-state index in [1.54, 1.807) is 42.4 Å². The molecule has 1 aliphatic rings. The second-order valence-corrected chi connectivity index (χ2v) is 16.6. The molecule has 1 saturated heterocycles. The molecule has 0 saturated carbocycles. The molecule has 0 radical (unpaired) electrons. The van der Waals surface area contributed by atoms with Gasteiger partial charge >= 0.3 is 6.09 Å².